The summed E-state index contributed by atoms with van der Waals surface area (Å²) in [5.41, 5.74) is 1.04. The molecule has 3 rings (SSSR count). The highest BCUT2D eigenvalue weighted by Crippen LogP contribution is 2.22. The molecule has 7 heteroatoms. The fraction of sp³-hybridized carbons (Fsp3) is 0.438. The predicted octanol–water partition coefficient (Wildman–Crippen LogP) is 1.84. The maximum Gasteiger partial charge on any atom is 0.222 e. The van der Waals surface area contributed by atoms with Gasteiger partial charge in [-0.1, -0.05) is 0 Å². The zero-order valence-corrected chi connectivity index (χ0v) is 13.1. The number of hydrogen-bond donors (Lipinski definition) is 1. The molecule has 0 spiro atoms. The molecule has 122 valence electrons. The SMILES string of the molecule is CC(=O)Nc1ccn(C2CCN(C(=O)CCc3ccoc3)C2)n1. The number of aromatic nitrogens is 2. The minimum absolute atomic E-state index is 0.141. The minimum Gasteiger partial charge on any atom is -0.472 e. The van der Waals surface area contributed by atoms with Crippen LogP contribution in [0.25, 0.3) is 0 Å². The molecule has 1 aliphatic rings. The summed E-state index contributed by atoms with van der Waals surface area (Å²) in [5.74, 6) is 0.558. The number of nitrogens with zero attached hydrogens (tertiary/aromatic N) is 3. The first-order chi connectivity index (χ1) is 11.1. The average Bonchev–Trinajstić information content (AvgIpc) is 3.24. The van der Waals surface area contributed by atoms with Crippen LogP contribution in [-0.4, -0.2) is 39.6 Å². The number of aryl methyl sites for hydroxylation is 1. The van der Waals surface area contributed by atoms with E-state index in [9.17, 15) is 9.59 Å². The van der Waals surface area contributed by atoms with Gasteiger partial charge < -0.3 is 14.6 Å². The Morgan fingerprint density at radius 3 is 3.04 bits per heavy atom. The van der Waals surface area contributed by atoms with E-state index in [4.69, 9.17) is 4.42 Å². The van der Waals surface area contributed by atoms with Crippen LogP contribution in [0.4, 0.5) is 5.82 Å². The number of furan rings is 1. The van der Waals surface area contributed by atoms with Gasteiger partial charge in [-0.2, -0.15) is 5.10 Å². The number of carbonyl (C=O) groups excluding carboxylic acids is 2. The smallest absolute Gasteiger partial charge is 0.222 e. The van der Waals surface area contributed by atoms with Crippen molar-refractivity contribution in [3.05, 3.63) is 36.4 Å². The van der Waals surface area contributed by atoms with Gasteiger partial charge in [0.15, 0.2) is 5.82 Å². The molecule has 7 nitrogen and oxygen atoms in total. The maximum absolute atomic E-state index is 12.3. The minimum atomic E-state index is -0.141. The molecular formula is C16H20N4O3. The molecule has 0 saturated carbocycles. The number of anilines is 1. The molecule has 1 unspecified atom stereocenters. The van der Waals surface area contributed by atoms with Crippen LogP contribution < -0.4 is 5.32 Å². The Hall–Kier alpha value is -2.57. The summed E-state index contributed by atoms with van der Waals surface area (Å²) >= 11 is 0. The summed E-state index contributed by atoms with van der Waals surface area (Å²) < 4.78 is 6.84. The van der Waals surface area contributed by atoms with Gasteiger partial charge in [0, 0.05) is 38.7 Å². The van der Waals surface area contributed by atoms with Crippen LogP contribution in [0.2, 0.25) is 0 Å². The summed E-state index contributed by atoms with van der Waals surface area (Å²) in [6, 6.07) is 3.81. The number of likely N-dealkylation sites (tertiary alicyclic amines) is 1. The normalized spacial score (nSPS) is 17.4. The number of nitrogens with one attached hydrogen (secondary N) is 1. The number of hydrogen-bond acceptors (Lipinski definition) is 4. The number of amides is 2. The van der Waals surface area contributed by atoms with E-state index >= 15 is 0 Å². The van der Waals surface area contributed by atoms with Crippen LogP contribution in [0, 0.1) is 0 Å². The van der Waals surface area contributed by atoms with Gasteiger partial charge in [-0.25, -0.2) is 0 Å². The highest BCUT2D eigenvalue weighted by molar-refractivity contribution is 5.87. The molecule has 0 aliphatic carbocycles. The molecule has 23 heavy (non-hydrogen) atoms. The van der Waals surface area contributed by atoms with E-state index in [-0.39, 0.29) is 17.9 Å². The van der Waals surface area contributed by atoms with Gasteiger partial charge in [0.05, 0.1) is 18.6 Å². The first kappa shape index (κ1) is 15.3. The van der Waals surface area contributed by atoms with Crippen LogP contribution >= 0.6 is 0 Å². The molecule has 2 amide bonds. The highest BCUT2D eigenvalue weighted by atomic mass is 16.3. The van der Waals surface area contributed by atoms with E-state index < -0.39 is 0 Å². The van der Waals surface area contributed by atoms with Crippen molar-refractivity contribution in [2.24, 2.45) is 0 Å². The monoisotopic (exact) mass is 316 g/mol. The van der Waals surface area contributed by atoms with Gasteiger partial charge in [0.1, 0.15) is 0 Å². The van der Waals surface area contributed by atoms with Crippen LogP contribution in [0.1, 0.15) is 31.4 Å². The Bertz CT molecular complexity index is 677. The van der Waals surface area contributed by atoms with Crippen LogP contribution in [0.3, 0.4) is 0 Å². The van der Waals surface area contributed by atoms with Gasteiger partial charge in [0.2, 0.25) is 11.8 Å². The summed E-state index contributed by atoms with van der Waals surface area (Å²) in [6.45, 7) is 2.85. The Morgan fingerprint density at radius 1 is 1.43 bits per heavy atom. The molecule has 2 aromatic heterocycles. The van der Waals surface area contributed by atoms with Crippen molar-refractivity contribution in [1.29, 1.82) is 0 Å². The van der Waals surface area contributed by atoms with Crippen LogP contribution in [0.15, 0.2) is 35.3 Å². The van der Waals surface area contributed by atoms with E-state index in [0.29, 0.717) is 25.2 Å². The summed E-state index contributed by atoms with van der Waals surface area (Å²) in [4.78, 5) is 25.2. The third kappa shape index (κ3) is 3.80. The zero-order valence-electron chi connectivity index (χ0n) is 13.1. The van der Waals surface area contributed by atoms with E-state index in [1.807, 2.05) is 21.8 Å². The first-order valence-corrected chi connectivity index (χ1v) is 7.73. The van der Waals surface area contributed by atoms with Crippen molar-refractivity contribution in [1.82, 2.24) is 14.7 Å². The molecule has 0 aromatic carbocycles. The second kappa shape index (κ2) is 6.68. The Morgan fingerprint density at radius 2 is 2.30 bits per heavy atom. The number of rotatable bonds is 5. The molecule has 1 aliphatic heterocycles. The second-order valence-electron chi connectivity index (χ2n) is 5.78. The lowest BCUT2D eigenvalue weighted by Crippen LogP contribution is -2.29. The molecule has 1 fully saturated rings. The Balaban J connectivity index is 1.52. The van der Waals surface area contributed by atoms with Crippen molar-refractivity contribution < 1.29 is 14.0 Å². The van der Waals surface area contributed by atoms with Crippen molar-refractivity contribution in [3.8, 4) is 0 Å². The number of carbonyl (C=O) groups is 2. The Kier molecular flexibility index (Phi) is 4.45. The van der Waals surface area contributed by atoms with Crippen molar-refractivity contribution in [2.45, 2.75) is 32.2 Å². The first-order valence-electron chi connectivity index (χ1n) is 7.73. The van der Waals surface area contributed by atoms with Gasteiger partial charge in [-0.3, -0.25) is 14.3 Å². The van der Waals surface area contributed by atoms with Crippen molar-refractivity contribution >= 4 is 17.6 Å². The highest BCUT2D eigenvalue weighted by Gasteiger charge is 2.27. The lowest BCUT2D eigenvalue weighted by molar-refractivity contribution is -0.130. The summed E-state index contributed by atoms with van der Waals surface area (Å²) in [7, 11) is 0. The Labute approximate surface area is 134 Å². The van der Waals surface area contributed by atoms with Crippen molar-refractivity contribution in [2.75, 3.05) is 18.4 Å². The average molecular weight is 316 g/mol. The quantitative estimate of drug-likeness (QED) is 0.912. The topological polar surface area (TPSA) is 80.4 Å². The summed E-state index contributed by atoms with van der Waals surface area (Å²) in [5, 5.41) is 7.01. The molecule has 3 heterocycles. The van der Waals surface area contributed by atoms with E-state index in [2.05, 4.69) is 10.4 Å². The lowest BCUT2D eigenvalue weighted by atomic mass is 10.2. The third-order valence-corrected chi connectivity index (χ3v) is 4.01. The molecule has 0 bridgehead atoms. The van der Waals surface area contributed by atoms with Gasteiger partial charge in [-0.05, 0) is 24.5 Å². The van der Waals surface area contributed by atoms with Gasteiger partial charge in [-0.15, -0.1) is 0 Å². The van der Waals surface area contributed by atoms with E-state index in [1.54, 1.807) is 18.6 Å². The largest absolute Gasteiger partial charge is 0.472 e. The van der Waals surface area contributed by atoms with E-state index in [1.165, 1.54) is 6.92 Å². The summed E-state index contributed by atoms with van der Waals surface area (Å²) in [6.07, 6.45) is 7.20. The van der Waals surface area contributed by atoms with Crippen molar-refractivity contribution in [3.63, 3.8) is 0 Å². The van der Waals surface area contributed by atoms with Crippen LogP contribution in [-0.2, 0) is 16.0 Å². The second-order valence-corrected chi connectivity index (χ2v) is 5.78. The zero-order chi connectivity index (χ0) is 16.2. The standard InChI is InChI=1S/C16H20N4O3/c1-12(21)17-15-5-8-20(18-15)14-4-7-19(10-14)16(22)3-2-13-6-9-23-11-13/h5-6,8-9,11,14H,2-4,7,10H2,1H3,(H,17,18,21). The molecule has 2 aromatic rings. The predicted molar refractivity (Wildman–Crippen MR) is 83.8 cm³/mol. The molecule has 0 radical (unpaired) electrons. The molecule has 1 atom stereocenters. The molecular weight excluding hydrogens is 296 g/mol. The molecule has 1 N–H and O–H groups in total. The fourth-order valence-corrected chi connectivity index (χ4v) is 2.82. The fourth-order valence-electron chi connectivity index (χ4n) is 2.82. The van der Waals surface area contributed by atoms with Gasteiger partial charge in [0.25, 0.3) is 0 Å². The third-order valence-electron chi connectivity index (χ3n) is 4.01. The lowest BCUT2D eigenvalue weighted by Gasteiger charge is -2.16. The maximum atomic E-state index is 12.3. The van der Waals surface area contributed by atoms with Crippen LogP contribution in [0.5, 0.6) is 0 Å². The molecule has 1 saturated heterocycles. The van der Waals surface area contributed by atoms with E-state index in [0.717, 1.165) is 18.5 Å². The van der Waals surface area contributed by atoms with Gasteiger partial charge >= 0.3 is 0 Å².